The van der Waals surface area contributed by atoms with E-state index in [2.05, 4.69) is 16.5 Å². The van der Waals surface area contributed by atoms with Gasteiger partial charge in [0.2, 0.25) is 0 Å². The molecular formula is C20H21N3O3. The van der Waals surface area contributed by atoms with Crippen LogP contribution in [0.1, 0.15) is 21.6 Å². The van der Waals surface area contributed by atoms with E-state index in [1.807, 2.05) is 26.0 Å². The molecule has 1 aromatic heterocycles. The molecule has 2 aromatic carbocycles. The van der Waals surface area contributed by atoms with E-state index >= 15 is 0 Å². The number of carbonyl (C=O) groups is 1. The Kier molecular flexibility index (Phi) is 5.02. The number of amides is 1. The van der Waals surface area contributed by atoms with Crippen molar-refractivity contribution in [3.05, 3.63) is 69.6 Å². The van der Waals surface area contributed by atoms with Crippen LogP contribution in [0.25, 0.3) is 10.8 Å². The number of nitrogens with zero attached hydrogens (tertiary/aromatic N) is 2. The molecule has 1 N–H and O–H groups in total. The van der Waals surface area contributed by atoms with Gasteiger partial charge in [-0.3, -0.25) is 9.59 Å². The number of fused-ring (bicyclic) bond motifs is 1. The molecule has 6 nitrogen and oxygen atoms in total. The molecule has 0 atom stereocenters. The highest BCUT2D eigenvalue weighted by molar-refractivity contribution is 6.04. The maximum absolute atomic E-state index is 12.5. The van der Waals surface area contributed by atoms with Gasteiger partial charge in [0.15, 0.2) is 5.69 Å². The van der Waals surface area contributed by atoms with Crippen LogP contribution in [-0.2, 0) is 7.05 Å². The summed E-state index contributed by atoms with van der Waals surface area (Å²) in [6.45, 7) is 4.70. The van der Waals surface area contributed by atoms with E-state index in [-0.39, 0.29) is 17.2 Å². The van der Waals surface area contributed by atoms with Gasteiger partial charge < -0.3 is 10.1 Å². The summed E-state index contributed by atoms with van der Waals surface area (Å²) < 4.78 is 6.90. The quantitative estimate of drug-likeness (QED) is 0.716. The van der Waals surface area contributed by atoms with Crippen LogP contribution in [0.4, 0.5) is 0 Å². The van der Waals surface area contributed by atoms with E-state index in [4.69, 9.17) is 4.74 Å². The second kappa shape index (κ2) is 7.39. The van der Waals surface area contributed by atoms with Crippen LogP contribution >= 0.6 is 0 Å². The number of hydrogen-bond acceptors (Lipinski definition) is 4. The zero-order valence-electron chi connectivity index (χ0n) is 15.1. The summed E-state index contributed by atoms with van der Waals surface area (Å²) in [5.74, 6) is 0.469. The van der Waals surface area contributed by atoms with Gasteiger partial charge in [0, 0.05) is 12.4 Å². The van der Waals surface area contributed by atoms with Crippen molar-refractivity contribution >= 4 is 16.7 Å². The van der Waals surface area contributed by atoms with Crippen LogP contribution in [0, 0.1) is 13.8 Å². The van der Waals surface area contributed by atoms with E-state index in [9.17, 15) is 9.59 Å². The van der Waals surface area contributed by atoms with Crippen LogP contribution in [0.5, 0.6) is 5.75 Å². The smallest absolute Gasteiger partial charge is 0.274 e. The molecule has 0 radical (unpaired) electrons. The highest BCUT2D eigenvalue weighted by Gasteiger charge is 2.15. The molecule has 0 saturated carbocycles. The van der Waals surface area contributed by atoms with Crippen LogP contribution in [0.15, 0.2) is 47.3 Å². The number of nitrogens with one attached hydrogen (secondary N) is 1. The molecular weight excluding hydrogens is 330 g/mol. The fourth-order valence-electron chi connectivity index (χ4n) is 2.84. The lowest BCUT2D eigenvalue weighted by atomic mass is 10.1. The molecule has 0 aliphatic carbocycles. The Morgan fingerprint density at radius 2 is 1.88 bits per heavy atom. The van der Waals surface area contributed by atoms with Crippen molar-refractivity contribution in [2.45, 2.75) is 13.8 Å². The molecule has 134 valence electrons. The minimum absolute atomic E-state index is 0.227. The Bertz CT molecular complexity index is 1020. The van der Waals surface area contributed by atoms with Gasteiger partial charge in [0.05, 0.1) is 11.9 Å². The van der Waals surface area contributed by atoms with E-state index in [1.165, 1.54) is 17.3 Å². The molecule has 3 rings (SSSR count). The second-order valence-electron chi connectivity index (χ2n) is 6.20. The molecule has 3 aromatic rings. The van der Waals surface area contributed by atoms with E-state index in [0.29, 0.717) is 23.9 Å². The van der Waals surface area contributed by atoms with Crippen molar-refractivity contribution in [3.8, 4) is 5.75 Å². The molecule has 26 heavy (non-hydrogen) atoms. The van der Waals surface area contributed by atoms with Crippen molar-refractivity contribution < 1.29 is 9.53 Å². The third kappa shape index (κ3) is 3.59. The third-order valence-electron chi connectivity index (χ3n) is 4.15. The number of carbonyl (C=O) groups excluding carboxylic acids is 1. The van der Waals surface area contributed by atoms with Crippen molar-refractivity contribution in [1.82, 2.24) is 15.1 Å². The van der Waals surface area contributed by atoms with Gasteiger partial charge >= 0.3 is 0 Å². The standard InChI is InChI=1S/C20H21N3O3/c1-13-8-9-17(14(2)12-13)26-11-10-21-19(24)18-15-6-4-5-7-16(15)20(25)23(3)22-18/h4-9,12H,10-11H2,1-3H3,(H,21,24). The fourth-order valence-corrected chi connectivity index (χ4v) is 2.84. The fraction of sp³-hybridized carbons (Fsp3) is 0.250. The van der Waals surface area contributed by atoms with Gasteiger partial charge in [-0.1, -0.05) is 35.9 Å². The number of benzene rings is 2. The first-order chi connectivity index (χ1) is 12.5. The first kappa shape index (κ1) is 17.7. The topological polar surface area (TPSA) is 73.2 Å². The molecule has 0 bridgehead atoms. The maximum Gasteiger partial charge on any atom is 0.274 e. The number of rotatable bonds is 5. The molecule has 1 heterocycles. The Labute approximate surface area is 151 Å². The highest BCUT2D eigenvalue weighted by Crippen LogP contribution is 2.18. The predicted octanol–water partition coefficient (Wildman–Crippen LogP) is 2.36. The van der Waals surface area contributed by atoms with Gasteiger partial charge in [0.25, 0.3) is 11.5 Å². The predicted molar refractivity (Wildman–Crippen MR) is 101 cm³/mol. The number of ether oxygens (including phenoxy) is 1. The Morgan fingerprint density at radius 3 is 2.62 bits per heavy atom. The first-order valence-electron chi connectivity index (χ1n) is 8.41. The minimum Gasteiger partial charge on any atom is -0.491 e. The Hall–Kier alpha value is -3.15. The van der Waals surface area contributed by atoms with Crippen LogP contribution in [-0.4, -0.2) is 28.8 Å². The normalized spacial score (nSPS) is 10.7. The summed E-state index contributed by atoms with van der Waals surface area (Å²) in [5, 5.41) is 7.93. The van der Waals surface area contributed by atoms with E-state index in [1.54, 1.807) is 24.3 Å². The number of hydrogen-bond donors (Lipinski definition) is 1. The van der Waals surface area contributed by atoms with Gasteiger partial charge in [0.1, 0.15) is 12.4 Å². The van der Waals surface area contributed by atoms with Crippen molar-refractivity contribution in [3.63, 3.8) is 0 Å². The average molecular weight is 351 g/mol. The lowest BCUT2D eigenvalue weighted by Crippen LogP contribution is -2.32. The average Bonchev–Trinajstić information content (AvgIpc) is 2.63. The second-order valence-corrected chi connectivity index (χ2v) is 6.20. The summed E-state index contributed by atoms with van der Waals surface area (Å²) in [6.07, 6.45) is 0. The molecule has 0 saturated heterocycles. The van der Waals surface area contributed by atoms with E-state index < -0.39 is 0 Å². The zero-order chi connectivity index (χ0) is 18.7. The number of aryl methyl sites for hydroxylation is 3. The molecule has 0 aliphatic heterocycles. The van der Waals surface area contributed by atoms with Crippen molar-refractivity contribution in [1.29, 1.82) is 0 Å². The van der Waals surface area contributed by atoms with Crippen molar-refractivity contribution in [2.75, 3.05) is 13.2 Å². The molecule has 0 spiro atoms. The summed E-state index contributed by atoms with van der Waals surface area (Å²) in [4.78, 5) is 24.6. The summed E-state index contributed by atoms with van der Waals surface area (Å²) in [5.41, 5.74) is 2.24. The van der Waals surface area contributed by atoms with Gasteiger partial charge in [-0.05, 0) is 31.5 Å². The Morgan fingerprint density at radius 1 is 1.15 bits per heavy atom. The minimum atomic E-state index is -0.332. The van der Waals surface area contributed by atoms with Crippen LogP contribution in [0.3, 0.4) is 0 Å². The molecule has 6 heteroatoms. The first-order valence-corrected chi connectivity index (χ1v) is 8.41. The zero-order valence-corrected chi connectivity index (χ0v) is 15.1. The SMILES string of the molecule is Cc1ccc(OCCNC(=O)c2nn(C)c(=O)c3ccccc23)c(C)c1. The molecule has 0 unspecified atom stereocenters. The van der Waals surface area contributed by atoms with Crippen LogP contribution < -0.4 is 15.6 Å². The Balaban J connectivity index is 1.68. The summed E-state index contributed by atoms with van der Waals surface area (Å²) in [6, 6.07) is 12.9. The third-order valence-corrected chi connectivity index (χ3v) is 4.15. The monoisotopic (exact) mass is 351 g/mol. The summed E-state index contributed by atoms with van der Waals surface area (Å²) >= 11 is 0. The molecule has 1 amide bonds. The maximum atomic E-state index is 12.5. The highest BCUT2D eigenvalue weighted by atomic mass is 16.5. The van der Waals surface area contributed by atoms with E-state index in [0.717, 1.165) is 11.3 Å². The molecule has 0 aliphatic rings. The van der Waals surface area contributed by atoms with Crippen LogP contribution in [0.2, 0.25) is 0 Å². The molecule has 0 fully saturated rings. The van der Waals surface area contributed by atoms with Gasteiger partial charge in [-0.25, -0.2) is 4.68 Å². The summed E-state index contributed by atoms with van der Waals surface area (Å²) in [7, 11) is 1.54. The largest absolute Gasteiger partial charge is 0.491 e. The number of aromatic nitrogens is 2. The van der Waals surface area contributed by atoms with Crippen molar-refractivity contribution in [2.24, 2.45) is 7.05 Å². The lowest BCUT2D eigenvalue weighted by Gasteiger charge is -2.11. The lowest BCUT2D eigenvalue weighted by molar-refractivity contribution is 0.0941. The van der Waals surface area contributed by atoms with Gasteiger partial charge in [-0.2, -0.15) is 5.10 Å². The van der Waals surface area contributed by atoms with Gasteiger partial charge in [-0.15, -0.1) is 0 Å².